The molecule has 2 rings (SSSR count). The average Bonchev–Trinajstić information content (AvgIpc) is 2.71. The van der Waals surface area contributed by atoms with E-state index in [1.54, 1.807) is 0 Å². The molecule has 0 radical (unpaired) electrons. The van der Waals surface area contributed by atoms with E-state index in [1.807, 2.05) is 11.0 Å². The molecule has 0 atom stereocenters. The lowest BCUT2D eigenvalue weighted by molar-refractivity contribution is -0.144. The molecule has 0 aromatic heterocycles. The van der Waals surface area contributed by atoms with E-state index in [4.69, 9.17) is 4.74 Å². The van der Waals surface area contributed by atoms with Crippen LogP contribution in [-0.4, -0.2) is 54.5 Å². The second-order valence-electron chi connectivity index (χ2n) is 7.36. The van der Waals surface area contributed by atoms with Gasteiger partial charge in [0.1, 0.15) is 0 Å². The first kappa shape index (κ1) is 21.4. The molecule has 1 heterocycles. The molecule has 1 aliphatic rings. The van der Waals surface area contributed by atoms with E-state index < -0.39 is 0 Å². The SMILES string of the molecule is CCC(CC)C(=O)N(CCC(=O)OC)C1CCN(Cc2ccccc2)CC1. The Morgan fingerprint density at radius 1 is 1.15 bits per heavy atom. The number of amides is 1. The smallest absolute Gasteiger partial charge is 0.307 e. The van der Waals surface area contributed by atoms with Gasteiger partial charge in [0.25, 0.3) is 0 Å². The van der Waals surface area contributed by atoms with Crippen molar-refractivity contribution in [2.45, 2.75) is 58.5 Å². The molecular weight excluding hydrogens is 340 g/mol. The topological polar surface area (TPSA) is 49.9 Å². The van der Waals surface area contributed by atoms with Gasteiger partial charge in [0.2, 0.25) is 5.91 Å². The minimum atomic E-state index is -0.251. The maximum Gasteiger partial charge on any atom is 0.307 e. The third-order valence-electron chi connectivity index (χ3n) is 5.65. The average molecular weight is 375 g/mol. The fraction of sp³-hybridized carbons (Fsp3) is 0.636. The fourth-order valence-electron chi connectivity index (χ4n) is 3.89. The van der Waals surface area contributed by atoms with Gasteiger partial charge in [0, 0.05) is 38.1 Å². The van der Waals surface area contributed by atoms with Gasteiger partial charge in [-0.1, -0.05) is 44.2 Å². The summed E-state index contributed by atoms with van der Waals surface area (Å²) in [5.41, 5.74) is 1.33. The van der Waals surface area contributed by atoms with Gasteiger partial charge >= 0.3 is 5.97 Å². The highest BCUT2D eigenvalue weighted by molar-refractivity contribution is 5.80. The van der Waals surface area contributed by atoms with Gasteiger partial charge in [0.05, 0.1) is 13.5 Å². The highest BCUT2D eigenvalue weighted by Gasteiger charge is 2.31. The Morgan fingerprint density at radius 3 is 2.33 bits per heavy atom. The Bertz CT molecular complexity index is 578. The molecule has 0 unspecified atom stereocenters. The summed E-state index contributed by atoms with van der Waals surface area (Å²) in [6.45, 7) is 7.50. The number of ether oxygens (including phenoxy) is 1. The number of rotatable bonds is 9. The summed E-state index contributed by atoms with van der Waals surface area (Å²) in [7, 11) is 1.40. The minimum Gasteiger partial charge on any atom is -0.469 e. The number of esters is 1. The molecule has 0 bridgehead atoms. The Labute approximate surface area is 163 Å². The Morgan fingerprint density at radius 2 is 1.78 bits per heavy atom. The van der Waals surface area contributed by atoms with Crippen molar-refractivity contribution >= 4 is 11.9 Å². The zero-order chi connectivity index (χ0) is 19.6. The van der Waals surface area contributed by atoms with Crippen molar-refractivity contribution in [1.82, 2.24) is 9.80 Å². The van der Waals surface area contributed by atoms with Crippen LogP contribution in [0.5, 0.6) is 0 Å². The summed E-state index contributed by atoms with van der Waals surface area (Å²) in [5, 5.41) is 0. The van der Waals surface area contributed by atoms with Crippen molar-refractivity contribution in [3.05, 3.63) is 35.9 Å². The summed E-state index contributed by atoms with van der Waals surface area (Å²) >= 11 is 0. The van der Waals surface area contributed by atoms with E-state index in [1.165, 1.54) is 12.7 Å². The molecule has 1 aromatic rings. The summed E-state index contributed by atoms with van der Waals surface area (Å²) in [5.74, 6) is -0.00531. The lowest BCUT2D eigenvalue weighted by Crippen LogP contribution is -2.49. The van der Waals surface area contributed by atoms with Crippen molar-refractivity contribution in [3.8, 4) is 0 Å². The van der Waals surface area contributed by atoms with Gasteiger partial charge in [0.15, 0.2) is 0 Å². The number of hydrogen-bond acceptors (Lipinski definition) is 4. The van der Waals surface area contributed by atoms with E-state index >= 15 is 0 Å². The van der Waals surface area contributed by atoms with Gasteiger partial charge in [-0.2, -0.15) is 0 Å². The van der Waals surface area contributed by atoms with Crippen LogP contribution in [0.2, 0.25) is 0 Å². The van der Waals surface area contributed by atoms with Crippen LogP contribution < -0.4 is 0 Å². The number of methoxy groups -OCH3 is 1. The van der Waals surface area contributed by atoms with E-state index in [0.717, 1.165) is 45.3 Å². The standard InChI is InChI=1S/C22H34N2O3/c1-4-19(5-2)22(26)24(16-13-21(25)27-3)20-11-14-23(15-12-20)17-18-9-7-6-8-10-18/h6-10,19-20H,4-5,11-17H2,1-3H3. The van der Waals surface area contributed by atoms with Gasteiger partial charge < -0.3 is 9.64 Å². The second kappa shape index (κ2) is 11.1. The molecule has 1 aromatic carbocycles. The largest absolute Gasteiger partial charge is 0.469 e. The lowest BCUT2D eigenvalue weighted by atomic mass is 9.97. The minimum absolute atomic E-state index is 0.0463. The zero-order valence-electron chi connectivity index (χ0n) is 17.0. The predicted octanol–water partition coefficient (Wildman–Crippen LogP) is 3.48. The van der Waals surface area contributed by atoms with Crippen molar-refractivity contribution in [3.63, 3.8) is 0 Å². The normalized spacial score (nSPS) is 15.7. The summed E-state index contributed by atoms with van der Waals surface area (Å²) < 4.78 is 4.78. The molecule has 0 N–H and O–H groups in total. The molecule has 0 aliphatic carbocycles. The van der Waals surface area contributed by atoms with Crippen LogP contribution in [0, 0.1) is 5.92 Å². The van der Waals surface area contributed by atoms with Gasteiger partial charge in [-0.15, -0.1) is 0 Å². The molecule has 1 amide bonds. The van der Waals surface area contributed by atoms with Crippen LogP contribution in [0.3, 0.4) is 0 Å². The third-order valence-corrected chi connectivity index (χ3v) is 5.65. The van der Waals surface area contributed by atoms with Gasteiger partial charge in [-0.05, 0) is 31.2 Å². The molecule has 1 aliphatic heterocycles. The van der Waals surface area contributed by atoms with Crippen LogP contribution in [0.4, 0.5) is 0 Å². The van der Waals surface area contributed by atoms with Gasteiger partial charge in [-0.3, -0.25) is 14.5 Å². The Hall–Kier alpha value is -1.88. The van der Waals surface area contributed by atoms with Crippen molar-refractivity contribution in [2.24, 2.45) is 5.92 Å². The highest BCUT2D eigenvalue weighted by Crippen LogP contribution is 2.22. The zero-order valence-corrected chi connectivity index (χ0v) is 17.0. The van der Waals surface area contributed by atoms with Crippen molar-refractivity contribution in [1.29, 1.82) is 0 Å². The summed E-state index contributed by atoms with van der Waals surface area (Å²) in [4.78, 5) is 29.1. The Balaban J connectivity index is 1.96. The van der Waals surface area contributed by atoms with Crippen LogP contribution in [0.15, 0.2) is 30.3 Å². The number of hydrogen-bond donors (Lipinski definition) is 0. The maximum absolute atomic E-state index is 13.0. The maximum atomic E-state index is 13.0. The van der Waals surface area contributed by atoms with Crippen molar-refractivity contribution < 1.29 is 14.3 Å². The number of carbonyl (C=O) groups excluding carboxylic acids is 2. The first-order valence-electron chi connectivity index (χ1n) is 10.2. The Kier molecular flexibility index (Phi) is 8.79. The molecule has 5 nitrogen and oxygen atoms in total. The van der Waals surface area contributed by atoms with Gasteiger partial charge in [-0.25, -0.2) is 0 Å². The van der Waals surface area contributed by atoms with E-state index in [-0.39, 0.29) is 30.3 Å². The lowest BCUT2D eigenvalue weighted by Gasteiger charge is -2.39. The number of nitrogens with zero attached hydrogens (tertiary/aromatic N) is 2. The van der Waals surface area contributed by atoms with E-state index in [0.29, 0.717) is 6.54 Å². The fourth-order valence-corrected chi connectivity index (χ4v) is 3.89. The van der Waals surface area contributed by atoms with E-state index in [9.17, 15) is 9.59 Å². The number of piperidine rings is 1. The summed E-state index contributed by atoms with van der Waals surface area (Å²) in [6, 6.07) is 10.7. The molecule has 150 valence electrons. The van der Waals surface area contributed by atoms with Crippen LogP contribution in [0.25, 0.3) is 0 Å². The first-order valence-corrected chi connectivity index (χ1v) is 10.2. The summed E-state index contributed by atoms with van der Waals surface area (Å²) in [6.07, 6.45) is 3.88. The molecule has 1 fully saturated rings. The van der Waals surface area contributed by atoms with E-state index in [2.05, 4.69) is 43.0 Å². The van der Waals surface area contributed by atoms with Crippen molar-refractivity contribution in [2.75, 3.05) is 26.7 Å². The predicted molar refractivity (Wildman–Crippen MR) is 107 cm³/mol. The molecule has 27 heavy (non-hydrogen) atoms. The quantitative estimate of drug-likeness (QED) is 0.621. The molecule has 0 saturated carbocycles. The van der Waals surface area contributed by atoms with Crippen LogP contribution in [0.1, 0.15) is 51.5 Å². The first-order chi connectivity index (χ1) is 13.1. The number of carbonyl (C=O) groups is 2. The van der Waals surface area contributed by atoms with Crippen LogP contribution in [-0.2, 0) is 20.9 Å². The highest BCUT2D eigenvalue weighted by atomic mass is 16.5. The molecule has 0 spiro atoms. The molecule has 1 saturated heterocycles. The molecule has 5 heteroatoms. The number of likely N-dealkylation sites (tertiary alicyclic amines) is 1. The molecular formula is C22H34N2O3. The number of benzene rings is 1. The third kappa shape index (κ3) is 6.35. The second-order valence-corrected chi connectivity index (χ2v) is 7.36. The van der Waals surface area contributed by atoms with Crippen LogP contribution >= 0.6 is 0 Å². The monoisotopic (exact) mass is 374 g/mol.